The summed E-state index contributed by atoms with van der Waals surface area (Å²) in [5.41, 5.74) is 8.94. The van der Waals surface area contributed by atoms with E-state index in [0.717, 1.165) is 12.1 Å². The summed E-state index contributed by atoms with van der Waals surface area (Å²) in [6.45, 7) is 5.57. The zero-order valence-corrected chi connectivity index (χ0v) is 11.2. The van der Waals surface area contributed by atoms with Gasteiger partial charge in [0.2, 0.25) is 0 Å². The van der Waals surface area contributed by atoms with E-state index < -0.39 is 0 Å². The lowest BCUT2D eigenvalue weighted by molar-refractivity contribution is 0.276. The van der Waals surface area contributed by atoms with E-state index in [9.17, 15) is 0 Å². The van der Waals surface area contributed by atoms with Crippen molar-refractivity contribution in [2.75, 3.05) is 13.1 Å². The summed E-state index contributed by atoms with van der Waals surface area (Å²) >= 11 is 0. The monoisotopic (exact) mass is 245 g/mol. The van der Waals surface area contributed by atoms with Crippen molar-refractivity contribution in [3.63, 3.8) is 0 Å². The van der Waals surface area contributed by atoms with E-state index in [4.69, 9.17) is 11.1 Å². The summed E-state index contributed by atoms with van der Waals surface area (Å²) in [4.78, 5) is 2.54. The minimum absolute atomic E-state index is 0.152. The normalized spacial score (nSPS) is 17.4. The Hall–Kier alpha value is -1.35. The van der Waals surface area contributed by atoms with Gasteiger partial charge in [-0.3, -0.25) is 10.3 Å². The zero-order chi connectivity index (χ0) is 13.0. The number of likely N-dealkylation sites (tertiary alicyclic amines) is 1. The Bertz CT molecular complexity index is 418. The average Bonchev–Trinajstić information content (AvgIpc) is 2.60. The lowest BCUT2D eigenvalue weighted by Crippen LogP contribution is -2.24. The summed E-state index contributed by atoms with van der Waals surface area (Å²) in [5, 5.41) is 7.45. The Labute approximate surface area is 109 Å². The largest absolute Gasteiger partial charge is 0.384 e. The average molecular weight is 245 g/mol. The molecule has 0 bridgehead atoms. The molecule has 1 saturated heterocycles. The van der Waals surface area contributed by atoms with E-state index in [1.807, 2.05) is 12.1 Å². The van der Waals surface area contributed by atoms with Gasteiger partial charge < -0.3 is 5.73 Å². The second-order valence-electron chi connectivity index (χ2n) is 5.25. The molecule has 3 heteroatoms. The molecule has 18 heavy (non-hydrogen) atoms. The number of amidine groups is 1. The molecule has 0 spiro atoms. The fraction of sp³-hybridized carbons (Fsp3) is 0.533. The summed E-state index contributed by atoms with van der Waals surface area (Å²) in [7, 11) is 0. The fourth-order valence-corrected chi connectivity index (χ4v) is 2.58. The van der Waals surface area contributed by atoms with Gasteiger partial charge >= 0.3 is 0 Å². The van der Waals surface area contributed by atoms with Crippen LogP contribution in [0.15, 0.2) is 18.2 Å². The molecule has 0 unspecified atom stereocenters. The van der Waals surface area contributed by atoms with Crippen LogP contribution < -0.4 is 5.73 Å². The number of nitrogen functional groups attached to an aromatic ring is 1. The predicted octanol–water partition coefficient (Wildman–Crippen LogP) is 2.66. The second-order valence-corrected chi connectivity index (χ2v) is 5.25. The van der Waals surface area contributed by atoms with Crippen LogP contribution in [-0.4, -0.2) is 23.8 Å². The molecule has 98 valence electrons. The highest BCUT2D eigenvalue weighted by molar-refractivity contribution is 5.95. The van der Waals surface area contributed by atoms with Gasteiger partial charge in [0, 0.05) is 12.1 Å². The van der Waals surface area contributed by atoms with E-state index in [2.05, 4.69) is 17.9 Å². The minimum Gasteiger partial charge on any atom is -0.384 e. The molecule has 0 radical (unpaired) electrons. The lowest BCUT2D eigenvalue weighted by Gasteiger charge is -2.21. The van der Waals surface area contributed by atoms with Gasteiger partial charge in [-0.15, -0.1) is 0 Å². The third-order valence-electron chi connectivity index (χ3n) is 3.75. The van der Waals surface area contributed by atoms with Crippen LogP contribution >= 0.6 is 0 Å². The highest BCUT2D eigenvalue weighted by Gasteiger charge is 2.11. The summed E-state index contributed by atoms with van der Waals surface area (Å²) in [5.74, 6) is 0.152. The molecule has 1 aromatic rings. The minimum atomic E-state index is 0.152. The van der Waals surface area contributed by atoms with Crippen LogP contribution in [0.25, 0.3) is 0 Å². The smallest absolute Gasteiger partial charge is 0.122 e. The first-order valence-corrected chi connectivity index (χ1v) is 6.83. The molecule has 0 saturated carbocycles. The SMILES string of the molecule is Cc1cc(C(=N)N)ccc1CN1CCCCCC1. The van der Waals surface area contributed by atoms with Crippen molar-refractivity contribution in [1.29, 1.82) is 5.41 Å². The first kappa shape index (κ1) is 13.1. The zero-order valence-electron chi connectivity index (χ0n) is 11.2. The number of aryl methyl sites for hydroxylation is 1. The quantitative estimate of drug-likeness (QED) is 0.635. The first-order valence-electron chi connectivity index (χ1n) is 6.83. The van der Waals surface area contributed by atoms with Gasteiger partial charge in [0.1, 0.15) is 5.84 Å². The topological polar surface area (TPSA) is 53.1 Å². The van der Waals surface area contributed by atoms with Crippen molar-refractivity contribution in [2.24, 2.45) is 5.73 Å². The second kappa shape index (κ2) is 6.01. The van der Waals surface area contributed by atoms with E-state index >= 15 is 0 Å². The molecule has 1 aliphatic rings. The number of hydrogen-bond acceptors (Lipinski definition) is 2. The van der Waals surface area contributed by atoms with Crippen molar-refractivity contribution in [3.8, 4) is 0 Å². The van der Waals surface area contributed by atoms with Crippen molar-refractivity contribution in [2.45, 2.75) is 39.2 Å². The van der Waals surface area contributed by atoms with Crippen LogP contribution in [0.3, 0.4) is 0 Å². The molecule has 1 heterocycles. The molecule has 1 aliphatic heterocycles. The molecular weight excluding hydrogens is 222 g/mol. The number of benzene rings is 1. The van der Waals surface area contributed by atoms with Crippen LogP contribution in [0.4, 0.5) is 0 Å². The van der Waals surface area contributed by atoms with Gasteiger partial charge in [0.05, 0.1) is 0 Å². The Morgan fingerprint density at radius 3 is 2.44 bits per heavy atom. The molecule has 3 nitrogen and oxygen atoms in total. The summed E-state index contributed by atoms with van der Waals surface area (Å²) in [6.07, 6.45) is 5.40. The van der Waals surface area contributed by atoms with Gasteiger partial charge in [-0.25, -0.2) is 0 Å². The van der Waals surface area contributed by atoms with Crippen LogP contribution in [0, 0.1) is 12.3 Å². The van der Waals surface area contributed by atoms with Gasteiger partial charge in [-0.1, -0.05) is 25.0 Å². The van der Waals surface area contributed by atoms with E-state index in [1.54, 1.807) is 0 Å². The lowest BCUT2D eigenvalue weighted by atomic mass is 10.0. The third kappa shape index (κ3) is 3.33. The molecule has 3 N–H and O–H groups in total. The number of hydrogen-bond donors (Lipinski definition) is 2. The molecule has 1 aromatic carbocycles. The van der Waals surface area contributed by atoms with Crippen molar-refractivity contribution in [1.82, 2.24) is 4.90 Å². The Morgan fingerprint density at radius 1 is 1.22 bits per heavy atom. The van der Waals surface area contributed by atoms with Crippen LogP contribution in [-0.2, 0) is 6.54 Å². The maximum Gasteiger partial charge on any atom is 0.122 e. The Kier molecular flexibility index (Phi) is 4.37. The maximum atomic E-state index is 7.45. The van der Waals surface area contributed by atoms with Crippen molar-refractivity contribution >= 4 is 5.84 Å². The van der Waals surface area contributed by atoms with Gasteiger partial charge in [-0.2, -0.15) is 0 Å². The highest BCUT2D eigenvalue weighted by Crippen LogP contribution is 2.16. The number of nitrogens with one attached hydrogen (secondary N) is 1. The standard InChI is InChI=1S/C15H23N3/c1-12-10-13(15(16)17)6-7-14(12)11-18-8-4-2-3-5-9-18/h6-7,10H,2-5,8-9,11H2,1H3,(H3,16,17). The van der Waals surface area contributed by atoms with Crippen LogP contribution in [0.5, 0.6) is 0 Å². The first-order chi connectivity index (χ1) is 8.66. The molecule has 0 atom stereocenters. The number of nitrogens with zero attached hydrogens (tertiary/aromatic N) is 1. The Balaban J connectivity index is 2.06. The summed E-state index contributed by atoms with van der Waals surface area (Å²) < 4.78 is 0. The van der Waals surface area contributed by atoms with Crippen LogP contribution in [0.1, 0.15) is 42.4 Å². The molecule has 0 aliphatic carbocycles. The Morgan fingerprint density at radius 2 is 1.89 bits per heavy atom. The molecular formula is C15H23N3. The highest BCUT2D eigenvalue weighted by atomic mass is 15.1. The van der Waals surface area contributed by atoms with E-state index in [1.165, 1.54) is 49.9 Å². The fourth-order valence-electron chi connectivity index (χ4n) is 2.58. The predicted molar refractivity (Wildman–Crippen MR) is 75.9 cm³/mol. The number of rotatable bonds is 3. The van der Waals surface area contributed by atoms with Crippen molar-refractivity contribution in [3.05, 3.63) is 34.9 Å². The number of nitrogens with two attached hydrogens (primary N) is 1. The molecule has 2 rings (SSSR count). The third-order valence-corrected chi connectivity index (χ3v) is 3.75. The van der Waals surface area contributed by atoms with Crippen molar-refractivity contribution < 1.29 is 0 Å². The van der Waals surface area contributed by atoms with Crippen LogP contribution in [0.2, 0.25) is 0 Å². The van der Waals surface area contributed by atoms with E-state index in [-0.39, 0.29) is 5.84 Å². The molecule has 0 aromatic heterocycles. The maximum absolute atomic E-state index is 7.45. The molecule has 1 fully saturated rings. The van der Waals surface area contributed by atoms with Gasteiger partial charge in [-0.05, 0) is 50.0 Å². The van der Waals surface area contributed by atoms with Gasteiger partial charge in [0.25, 0.3) is 0 Å². The summed E-state index contributed by atoms with van der Waals surface area (Å²) in [6, 6.07) is 6.11. The molecule has 0 amide bonds. The van der Waals surface area contributed by atoms with E-state index in [0.29, 0.717) is 0 Å². The van der Waals surface area contributed by atoms with Gasteiger partial charge in [0.15, 0.2) is 0 Å².